The number of anilines is 1. The van der Waals surface area contributed by atoms with Crippen molar-refractivity contribution in [1.29, 1.82) is 0 Å². The predicted molar refractivity (Wildman–Crippen MR) is 102 cm³/mol. The summed E-state index contributed by atoms with van der Waals surface area (Å²) >= 11 is 12.4. The van der Waals surface area contributed by atoms with Crippen LogP contribution in [0.15, 0.2) is 54.8 Å². The molecule has 1 fully saturated rings. The van der Waals surface area contributed by atoms with Crippen LogP contribution in [0.1, 0.15) is 30.4 Å². The van der Waals surface area contributed by atoms with Gasteiger partial charge in [0.2, 0.25) is 0 Å². The average Bonchev–Trinajstić information content (AvgIpc) is 3.00. The molecule has 1 heterocycles. The van der Waals surface area contributed by atoms with Gasteiger partial charge in [0.25, 0.3) is 0 Å². The van der Waals surface area contributed by atoms with E-state index in [0.29, 0.717) is 22.5 Å². The lowest BCUT2D eigenvalue weighted by Crippen LogP contribution is -2.29. The third-order valence-corrected chi connectivity index (χ3v) is 5.40. The van der Waals surface area contributed by atoms with E-state index >= 15 is 0 Å². The number of aliphatic hydroxyl groups excluding tert-OH is 1. The Labute approximate surface area is 153 Å². The number of benzene rings is 2. The molecule has 4 heteroatoms. The number of nitrogens with zero attached hydrogens (tertiary/aromatic N) is 1. The van der Waals surface area contributed by atoms with E-state index in [9.17, 15) is 5.11 Å². The van der Waals surface area contributed by atoms with Gasteiger partial charge in [-0.1, -0.05) is 54.0 Å². The molecule has 0 bridgehead atoms. The fraction of sp³-hybridized carbons (Fsp3) is 0.300. The highest BCUT2D eigenvalue weighted by atomic mass is 35.5. The molecular weight excluding hydrogens is 341 g/mol. The molecule has 126 valence electrons. The molecule has 1 aliphatic rings. The summed E-state index contributed by atoms with van der Waals surface area (Å²) in [4.78, 5) is 2.36. The van der Waals surface area contributed by atoms with Crippen LogP contribution in [-0.4, -0.2) is 17.7 Å². The van der Waals surface area contributed by atoms with E-state index in [0.717, 1.165) is 31.4 Å². The highest BCUT2D eigenvalue weighted by molar-refractivity contribution is 6.42. The molecule has 0 aliphatic carbocycles. The van der Waals surface area contributed by atoms with Crippen LogP contribution >= 0.6 is 23.2 Å². The molecule has 0 saturated carbocycles. The Bertz CT molecular complexity index is 727. The van der Waals surface area contributed by atoms with Crippen molar-refractivity contribution in [3.8, 4) is 0 Å². The molecule has 0 aromatic heterocycles. The lowest BCUT2D eigenvalue weighted by atomic mass is 10.0. The van der Waals surface area contributed by atoms with Gasteiger partial charge in [0.15, 0.2) is 0 Å². The maximum atomic E-state index is 9.49. The Morgan fingerprint density at radius 2 is 1.92 bits per heavy atom. The number of hydrogen-bond donors (Lipinski definition) is 1. The van der Waals surface area contributed by atoms with Gasteiger partial charge in [-0.15, -0.1) is 0 Å². The van der Waals surface area contributed by atoms with Gasteiger partial charge < -0.3 is 10.0 Å². The molecule has 1 N–H and O–H groups in total. The molecular formula is C20H21Cl2NO. The van der Waals surface area contributed by atoms with Crippen molar-refractivity contribution in [2.24, 2.45) is 0 Å². The van der Waals surface area contributed by atoms with Crippen molar-refractivity contribution in [3.63, 3.8) is 0 Å². The Hall–Kier alpha value is -1.64. The van der Waals surface area contributed by atoms with Crippen LogP contribution in [0.5, 0.6) is 0 Å². The Kier molecular flexibility index (Phi) is 5.37. The Balaban J connectivity index is 1.73. The SMILES string of the molecule is C=C(O)CC1CCCN1c1ccc(Cc2cccc(Cl)c2Cl)cc1. The minimum atomic E-state index is 0.263. The smallest absolute Gasteiger partial charge is 0.0871 e. The van der Waals surface area contributed by atoms with Crippen molar-refractivity contribution in [3.05, 3.63) is 76.0 Å². The molecule has 1 atom stereocenters. The molecule has 0 radical (unpaired) electrons. The molecule has 1 saturated heterocycles. The second kappa shape index (κ2) is 7.50. The van der Waals surface area contributed by atoms with Crippen LogP contribution in [0.2, 0.25) is 10.0 Å². The summed E-state index contributed by atoms with van der Waals surface area (Å²) in [5.41, 5.74) is 3.43. The summed E-state index contributed by atoms with van der Waals surface area (Å²) in [5.74, 6) is 0.263. The molecule has 2 nitrogen and oxygen atoms in total. The van der Waals surface area contributed by atoms with Crippen LogP contribution in [0.25, 0.3) is 0 Å². The monoisotopic (exact) mass is 361 g/mol. The second-order valence-corrected chi connectivity index (χ2v) is 7.10. The predicted octanol–water partition coefficient (Wildman–Crippen LogP) is 6.01. The van der Waals surface area contributed by atoms with Gasteiger partial charge >= 0.3 is 0 Å². The third-order valence-electron chi connectivity index (χ3n) is 4.54. The Morgan fingerprint density at radius 1 is 1.17 bits per heavy atom. The van der Waals surface area contributed by atoms with E-state index in [4.69, 9.17) is 23.2 Å². The van der Waals surface area contributed by atoms with Gasteiger partial charge in [-0.25, -0.2) is 0 Å². The lowest BCUT2D eigenvalue weighted by molar-refractivity contribution is 0.376. The number of rotatable bonds is 5. The molecule has 1 unspecified atom stereocenters. The first-order valence-corrected chi connectivity index (χ1v) is 8.95. The van der Waals surface area contributed by atoms with Crippen molar-refractivity contribution < 1.29 is 5.11 Å². The number of halogens is 2. The van der Waals surface area contributed by atoms with Gasteiger partial charge in [-0.05, 0) is 48.6 Å². The fourth-order valence-corrected chi connectivity index (χ4v) is 3.76. The average molecular weight is 362 g/mol. The van der Waals surface area contributed by atoms with E-state index < -0.39 is 0 Å². The molecule has 0 amide bonds. The number of hydrogen-bond acceptors (Lipinski definition) is 2. The zero-order chi connectivity index (χ0) is 17.1. The van der Waals surface area contributed by atoms with Gasteiger partial charge in [0.1, 0.15) is 0 Å². The second-order valence-electron chi connectivity index (χ2n) is 6.32. The summed E-state index contributed by atoms with van der Waals surface area (Å²) in [6.45, 7) is 4.65. The zero-order valence-corrected chi connectivity index (χ0v) is 15.0. The normalized spacial score (nSPS) is 17.2. The highest BCUT2D eigenvalue weighted by Crippen LogP contribution is 2.30. The van der Waals surface area contributed by atoms with E-state index in [2.05, 4.69) is 35.7 Å². The van der Waals surface area contributed by atoms with Crippen LogP contribution in [0.3, 0.4) is 0 Å². The summed E-state index contributed by atoms with van der Waals surface area (Å²) in [6, 6.07) is 14.6. The summed E-state index contributed by atoms with van der Waals surface area (Å²) in [5, 5.41) is 10.7. The van der Waals surface area contributed by atoms with Gasteiger partial charge in [-0.3, -0.25) is 0 Å². The van der Waals surface area contributed by atoms with Crippen molar-refractivity contribution in [2.75, 3.05) is 11.4 Å². The van der Waals surface area contributed by atoms with Gasteiger partial charge in [-0.2, -0.15) is 0 Å². The van der Waals surface area contributed by atoms with Crippen LogP contribution in [0, 0.1) is 0 Å². The maximum absolute atomic E-state index is 9.49. The topological polar surface area (TPSA) is 23.5 Å². The minimum Gasteiger partial charge on any atom is -0.513 e. The summed E-state index contributed by atoms with van der Waals surface area (Å²) in [6.07, 6.45) is 3.65. The maximum Gasteiger partial charge on any atom is 0.0871 e. The number of aliphatic hydroxyl groups is 1. The first-order valence-electron chi connectivity index (χ1n) is 8.20. The molecule has 0 spiro atoms. The zero-order valence-electron chi connectivity index (χ0n) is 13.5. The fourth-order valence-electron chi connectivity index (χ4n) is 3.37. The first-order chi connectivity index (χ1) is 11.5. The molecule has 1 aliphatic heterocycles. The first kappa shape index (κ1) is 17.2. The standard InChI is InChI=1S/C20H21Cl2NO/c1-14(24)12-18-5-3-11-23(18)17-9-7-15(8-10-17)13-16-4-2-6-19(21)20(16)22/h2,4,6-10,18,24H,1,3,5,11-13H2. The molecule has 2 aromatic rings. The lowest BCUT2D eigenvalue weighted by Gasteiger charge is -2.26. The van der Waals surface area contributed by atoms with Crippen LogP contribution in [0.4, 0.5) is 5.69 Å². The summed E-state index contributed by atoms with van der Waals surface area (Å²) in [7, 11) is 0. The van der Waals surface area contributed by atoms with Crippen molar-refractivity contribution in [1.82, 2.24) is 0 Å². The molecule has 3 rings (SSSR count). The minimum absolute atomic E-state index is 0.263. The van der Waals surface area contributed by atoms with E-state index in [-0.39, 0.29) is 5.76 Å². The largest absolute Gasteiger partial charge is 0.513 e. The van der Waals surface area contributed by atoms with E-state index in [1.807, 2.05) is 12.1 Å². The third kappa shape index (κ3) is 3.88. The molecule has 24 heavy (non-hydrogen) atoms. The highest BCUT2D eigenvalue weighted by Gasteiger charge is 2.25. The van der Waals surface area contributed by atoms with E-state index in [1.54, 1.807) is 6.07 Å². The van der Waals surface area contributed by atoms with Gasteiger partial charge in [0, 0.05) is 24.7 Å². The van der Waals surface area contributed by atoms with Crippen LogP contribution < -0.4 is 4.90 Å². The summed E-state index contributed by atoms with van der Waals surface area (Å²) < 4.78 is 0. The van der Waals surface area contributed by atoms with Gasteiger partial charge in [0.05, 0.1) is 15.8 Å². The molecule has 2 aromatic carbocycles. The van der Waals surface area contributed by atoms with Crippen LogP contribution in [-0.2, 0) is 6.42 Å². The van der Waals surface area contributed by atoms with E-state index in [1.165, 1.54) is 11.3 Å². The Morgan fingerprint density at radius 3 is 2.62 bits per heavy atom. The quantitative estimate of drug-likeness (QED) is 0.658. The van der Waals surface area contributed by atoms with Crippen molar-refractivity contribution >= 4 is 28.9 Å². The van der Waals surface area contributed by atoms with Crippen molar-refractivity contribution in [2.45, 2.75) is 31.7 Å².